The number of amides is 4. The number of hydrogen-bond acceptors (Lipinski definition) is 3. The molecule has 1 aliphatic heterocycles. The van der Waals surface area contributed by atoms with Crippen LogP contribution in [0.4, 0.5) is 10.5 Å². The summed E-state index contributed by atoms with van der Waals surface area (Å²) < 4.78 is 0. The van der Waals surface area contributed by atoms with Gasteiger partial charge in [-0.3, -0.25) is 14.5 Å². The Morgan fingerprint density at radius 1 is 1.10 bits per heavy atom. The third-order valence-electron chi connectivity index (χ3n) is 5.45. The molecule has 30 heavy (non-hydrogen) atoms. The quantitative estimate of drug-likeness (QED) is 0.570. The number of imide groups is 1. The third-order valence-corrected chi connectivity index (χ3v) is 5.45. The van der Waals surface area contributed by atoms with E-state index in [9.17, 15) is 14.4 Å². The van der Waals surface area contributed by atoms with E-state index in [1.165, 1.54) is 0 Å². The highest BCUT2D eigenvalue weighted by molar-refractivity contribution is 6.08. The average molecular weight is 404 g/mol. The number of aromatic nitrogens is 1. The van der Waals surface area contributed by atoms with Gasteiger partial charge in [0.2, 0.25) is 5.91 Å². The van der Waals surface area contributed by atoms with E-state index in [0.717, 1.165) is 38.1 Å². The Labute approximate surface area is 174 Å². The number of carbonyl (C=O) groups is 3. The summed E-state index contributed by atoms with van der Waals surface area (Å²) in [6.07, 6.45) is 2.21. The number of nitrogens with one attached hydrogen (secondary N) is 3. The van der Waals surface area contributed by atoms with Gasteiger partial charge in [0.05, 0.1) is 0 Å². The van der Waals surface area contributed by atoms with Crippen LogP contribution in [0, 0.1) is 20.8 Å². The second-order valence-electron chi connectivity index (χ2n) is 7.81. The molecule has 4 rings (SSSR count). The highest BCUT2D eigenvalue weighted by atomic mass is 16.2. The van der Waals surface area contributed by atoms with Crippen molar-refractivity contribution in [2.75, 3.05) is 11.9 Å². The number of nitrogens with zero attached hydrogens (tertiary/aromatic N) is 1. The molecule has 2 aromatic carbocycles. The highest BCUT2D eigenvalue weighted by Gasteiger charge is 2.39. The summed E-state index contributed by atoms with van der Waals surface area (Å²) in [5, 5.41) is 6.56. The number of rotatable bonds is 5. The van der Waals surface area contributed by atoms with Crippen molar-refractivity contribution in [1.29, 1.82) is 0 Å². The molecule has 4 amide bonds. The normalized spacial score (nSPS) is 16.2. The monoisotopic (exact) mass is 404 g/mol. The first kappa shape index (κ1) is 19.7. The van der Waals surface area contributed by atoms with Gasteiger partial charge in [-0.25, -0.2) is 4.79 Å². The number of fused-ring (bicyclic) bond motifs is 1. The summed E-state index contributed by atoms with van der Waals surface area (Å²) >= 11 is 0. The third kappa shape index (κ3) is 3.66. The topological polar surface area (TPSA) is 94.3 Å². The standard InChI is InChI=1S/C23H24N4O3/c1-13-8-14(2)21(15(3)9-13)26-20(28)12-27-22(29)19(25-23(27)30)10-16-11-24-18-7-5-4-6-17(16)18/h4-9,11,19,24H,10,12H2,1-3H3,(H,25,30)(H,26,28)/t19-/m1/s1. The molecule has 1 atom stereocenters. The van der Waals surface area contributed by atoms with Gasteiger partial charge in [-0.05, 0) is 43.5 Å². The van der Waals surface area contributed by atoms with Crippen LogP contribution in [0.25, 0.3) is 10.9 Å². The maximum absolute atomic E-state index is 12.8. The van der Waals surface area contributed by atoms with E-state index in [4.69, 9.17) is 0 Å². The lowest BCUT2D eigenvalue weighted by molar-refractivity contribution is -0.130. The molecule has 1 fully saturated rings. The fourth-order valence-electron chi connectivity index (χ4n) is 4.09. The van der Waals surface area contributed by atoms with Crippen molar-refractivity contribution in [3.8, 4) is 0 Å². The Morgan fingerprint density at radius 2 is 1.80 bits per heavy atom. The molecule has 1 saturated heterocycles. The molecule has 2 heterocycles. The van der Waals surface area contributed by atoms with Gasteiger partial charge in [0.1, 0.15) is 12.6 Å². The van der Waals surface area contributed by atoms with Crippen molar-refractivity contribution < 1.29 is 14.4 Å². The van der Waals surface area contributed by atoms with Crippen LogP contribution in [0.2, 0.25) is 0 Å². The molecule has 0 aliphatic carbocycles. The average Bonchev–Trinajstić information content (AvgIpc) is 3.21. The SMILES string of the molecule is Cc1cc(C)c(NC(=O)CN2C(=O)N[C@H](Cc3c[nH]c4ccccc34)C2=O)c(C)c1. The Balaban J connectivity index is 1.45. The molecule has 0 bridgehead atoms. The number of carbonyl (C=O) groups excluding carboxylic acids is 3. The van der Waals surface area contributed by atoms with Gasteiger partial charge in [-0.2, -0.15) is 0 Å². The van der Waals surface area contributed by atoms with Gasteiger partial charge >= 0.3 is 6.03 Å². The minimum atomic E-state index is -0.688. The summed E-state index contributed by atoms with van der Waals surface area (Å²) in [7, 11) is 0. The zero-order chi connectivity index (χ0) is 21.4. The molecule has 154 valence electrons. The summed E-state index contributed by atoms with van der Waals surface area (Å²) in [4.78, 5) is 41.9. The molecule has 1 aromatic heterocycles. The first-order valence-electron chi connectivity index (χ1n) is 9.88. The predicted octanol–water partition coefficient (Wildman–Crippen LogP) is 3.19. The van der Waals surface area contributed by atoms with E-state index in [2.05, 4.69) is 15.6 Å². The zero-order valence-corrected chi connectivity index (χ0v) is 17.2. The van der Waals surface area contributed by atoms with Gasteiger partial charge < -0.3 is 15.6 Å². The van der Waals surface area contributed by atoms with Gasteiger partial charge in [0, 0.05) is 29.2 Å². The largest absolute Gasteiger partial charge is 0.361 e. The van der Waals surface area contributed by atoms with Crippen LogP contribution in [0.3, 0.4) is 0 Å². The number of aromatic amines is 1. The molecule has 0 saturated carbocycles. The first-order chi connectivity index (χ1) is 14.3. The number of anilines is 1. The summed E-state index contributed by atoms with van der Waals surface area (Å²) in [5.74, 6) is -0.793. The number of H-pyrrole nitrogens is 1. The van der Waals surface area contributed by atoms with Gasteiger partial charge in [-0.15, -0.1) is 0 Å². The Morgan fingerprint density at radius 3 is 2.53 bits per heavy atom. The molecule has 0 radical (unpaired) electrons. The molecule has 7 heteroatoms. The van der Waals surface area contributed by atoms with Crippen LogP contribution >= 0.6 is 0 Å². The van der Waals surface area contributed by atoms with E-state index in [1.54, 1.807) is 0 Å². The first-order valence-corrected chi connectivity index (χ1v) is 9.88. The Kier molecular flexibility index (Phi) is 5.03. The van der Waals surface area contributed by atoms with Crippen LogP contribution in [-0.4, -0.2) is 40.3 Å². The summed E-state index contributed by atoms with van der Waals surface area (Å²) in [6, 6.07) is 10.5. The second-order valence-corrected chi connectivity index (χ2v) is 7.81. The fraction of sp³-hybridized carbons (Fsp3) is 0.261. The molecule has 0 unspecified atom stereocenters. The summed E-state index contributed by atoms with van der Waals surface area (Å²) in [5.41, 5.74) is 5.63. The van der Waals surface area contributed by atoms with Crippen molar-refractivity contribution in [1.82, 2.24) is 15.2 Å². The van der Waals surface area contributed by atoms with E-state index in [0.29, 0.717) is 12.1 Å². The van der Waals surface area contributed by atoms with Crippen molar-refractivity contribution >= 4 is 34.4 Å². The van der Waals surface area contributed by atoms with Crippen molar-refractivity contribution in [2.45, 2.75) is 33.2 Å². The highest BCUT2D eigenvalue weighted by Crippen LogP contribution is 2.23. The van der Waals surface area contributed by atoms with Crippen LogP contribution < -0.4 is 10.6 Å². The molecule has 3 N–H and O–H groups in total. The zero-order valence-electron chi connectivity index (χ0n) is 17.2. The number of aryl methyl sites for hydroxylation is 3. The molecular weight excluding hydrogens is 380 g/mol. The molecule has 3 aromatic rings. The molecular formula is C23H24N4O3. The van der Waals surface area contributed by atoms with Crippen molar-refractivity contribution in [3.05, 3.63) is 64.8 Å². The van der Waals surface area contributed by atoms with Gasteiger partial charge in [-0.1, -0.05) is 35.9 Å². The maximum atomic E-state index is 12.8. The Bertz CT molecular complexity index is 1140. The predicted molar refractivity (Wildman–Crippen MR) is 115 cm³/mol. The maximum Gasteiger partial charge on any atom is 0.325 e. The fourth-order valence-corrected chi connectivity index (χ4v) is 4.09. The van der Waals surface area contributed by atoms with E-state index < -0.39 is 23.9 Å². The molecule has 7 nitrogen and oxygen atoms in total. The van der Waals surface area contributed by atoms with Gasteiger partial charge in [0.25, 0.3) is 5.91 Å². The molecule has 1 aliphatic rings. The van der Waals surface area contributed by atoms with Crippen LogP contribution in [0.15, 0.2) is 42.6 Å². The number of benzene rings is 2. The second kappa shape index (κ2) is 7.67. The Hall–Kier alpha value is -3.61. The van der Waals surface area contributed by atoms with Gasteiger partial charge in [0.15, 0.2) is 0 Å². The van der Waals surface area contributed by atoms with E-state index in [1.807, 2.05) is 63.4 Å². The lowest BCUT2D eigenvalue weighted by Crippen LogP contribution is -2.38. The number of urea groups is 1. The van der Waals surface area contributed by atoms with E-state index >= 15 is 0 Å². The van der Waals surface area contributed by atoms with Crippen LogP contribution in [0.5, 0.6) is 0 Å². The number of hydrogen-bond donors (Lipinski definition) is 3. The lowest BCUT2D eigenvalue weighted by Gasteiger charge is -2.16. The van der Waals surface area contributed by atoms with Crippen LogP contribution in [0.1, 0.15) is 22.3 Å². The van der Waals surface area contributed by atoms with Crippen LogP contribution in [-0.2, 0) is 16.0 Å². The number of para-hydroxylation sites is 1. The molecule has 0 spiro atoms. The van der Waals surface area contributed by atoms with Crippen molar-refractivity contribution in [3.63, 3.8) is 0 Å². The minimum Gasteiger partial charge on any atom is -0.361 e. The van der Waals surface area contributed by atoms with E-state index in [-0.39, 0.29) is 6.54 Å². The van der Waals surface area contributed by atoms with Crippen molar-refractivity contribution in [2.24, 2.45) is 0 Å². The smallest absolute Gasteiger partial charge is 0.325 e. The summed E-state index contributed by atoms with van der Waals surface area (Å²) in [6.45, 7) is 5.51. The minimum absolute atomic E-state index is 0.318. The lowest BCUT2D eigenvalue weighted by atomic mass is 10.0.